The molecule has 20 heavy (non-hydrogen) atoms. The maximum absolute atomic E-state index is 12.3. The van der Waals surface area contributed by atoms with Gasteiger partial charge in [0.2, 0.25) is 10.0 Å². The zero-order valence-electron chi connectivity index (χ0n) is 12.2. The van der Waals surface area contributed by atoms with Crippen molar-refractivity contribution in [3.05, 3.63) is 28.8 Å². The van der Waals surface area contributed by atoms with Gasteiger partial charge in [-0.3, -0.25) is 0 Å². The highest BCUT2D eigenvalue weighted by atomic mass is 35.5. The van der Waals surface area contributed by atoms with Crippen LogP contribution < -0.4 is 10.0 Å². The van der Waals surface area contributed by atoms with Crippen LogP contribution in [0.5, 0.6) is 0 Å². The van der Waals surface area contributed by atoms with Crippen LogP contribution in [0.2, 0.25) is 5.02 Å². The van der Waals surface area contributed by atoms with Gasteiger partial charge in [-0.05, 0) is 36.7 Å². The fourth-order valence-electron chi connectivity index (χ4n) is 1.93. The van der Waals surface area contributed by atoms with Crippen molar-refractivity contribution < 1.29 is 8.42 Å². The van der Waals surface area contributed by atoms with Crippen LogP contribution >= 0.6 is 11.6 Å². The van der Waals surface area contributed by atoms with E-state index in [1.165, 1.54) is 6.07 Å². The number of nitrogens with one attached hydrogen (secondary N) is 2. The Morgan fingerprint density at radius 2 is 1.90 bits per heavy atom. The lowest BCUT2D eigenvalue weighted by Gasteiger charge is -2.14. The maximum Gasteiger partial charge on any atom is 0.240 e. The zero-order chi connectivity index (χ0) is 15.2. The molecule has 0 heterocycles. The van der Waals surface area contributed by atoms with Crippen molar-refractivity contribution in [1.82, 2.24) is 10.0 Å². The molecule has 0 saturated heterocycles. The minimum absolute atomic E-state index is 0.262. The second-order valence-corrected chi connectivity index (χ2v) is 6.99. The molecule has 0 atom stereocenters. The molecular weight excluding hydrogens is 296 g/mol. The first-order valence-corrected chi connectivity index (χ1v) is 8.73. The SMILES string of the molecule is CCC(CC)CNS(=O)(=O)c1ccc(Cl)c(CNC)c1. The summed E-state index contributed by atoms with van der Waals surface area (Å²) in [6.07, 6.45) is 1.93. The van der Waals surface area contributed by atoms with Gasteiger partial charge < -0.3 is 5.32 Å². The molecule has 0 aliphatic heterocycles. The number of benzene rings is 1. The van der Waals surface area contributed by atoms with Gasteiger partial charge in [0.15, 0.2) is 0 Å². The first-order valence-electron chi connectivity index (χ1n) is 6.87. The van der Waals surface area contributed by atoms with Crippen LogP contribution in [0.25, 0.3) is 0 Å². The van der Waals surface area contributed by atoms with Crippen LogP contribution in [-0.4, -0.2) is 22.0 Å². The number of sulfonamides is 1. The van der Waals surface area contributed by atoms with Crippen LogP contribution in [0, 0.1) is 5.92 Å². The Labute approximate surface area is 127 Å². The fraction of sp³-hybridized carbons (Fsp3) is 0.571. The minimum Gasteiger partial charge on any atom is -0.316 e. The fourth-order valence-corrected chi connectivity index (χ4v) is 3.28. The quantitative estimate of drug-likeness (QED) is 0.775. The Bertz CT molecular complexity index is 528. The largest absolute Gasteiger partial charge is 0.316 e. The van der Waals surface area contributed by atoms with Crippen LogP contribution in [0.4, 0.5) is 0 Å². The second kappa shape index (κ2) is 7.98. The molecule has 0 aromatic heterocycles. The van der Waals surface area contributed by atoms with E-state index < -0.39 is 10.0 Å². The molecule has 2 N–H and O–H groups in total. The van der Waals surface area contributed by atoms with E-state index in [1.807, 2.05) is 0 Å². The molecule has 1 rings (SSSR count). The van der Waals surface area contributed by atoms with Gasteiger partial charge in [0.25, 0.3) is 0 Å². The average molecular weight is 319 g/mol. The molecule has 0 aliphatic carbocycles. The van der Waals surface area contributed by atoms with Gasteiger partial charge in [0.05, 0.1) is 4.90 Å². The Kier molecular flexibility index (Phi) is 6.95. The Hall–Kier alpha value is -0.620. The monoisotopic (exact) mass is 318 g/mol. The van der Waals surface area contributed by atoms with Gasteiger partial charge in [-0.25, -0.2) is 13.1 Å². The Morgan fingerprint density at radius 3 is 2.45 bits per heavy atom. The van der Waals surface area contributed by atoms with E-state index in [1.54, 1.807) is 19.2 Å². The van der Waals surface area contributed by atoms with Gasteiger partial charge in [-0.2, -0.15) is 0 Å². The van der Waals surface area contributed by atoms with Gasteiger partial charge >= 0.3 is 0 Å². The lowest BCUT2D eigenvalue weighted by Crippen LogP contribution is -2.29. The minimum atomic E-state index is -3.47. The maximum atomic E-state index is 12.3. The number of halogens is 1. The predicted molar refractivity (Wildman–Crippen MR) is 83.5 cm³/mol. The van der Waals surface area contributed by atoms with Crippen molar-refractivity contribution in [3.63, 3.8) is 0 Å². The van der Waals surface area contributed by atoms with Gasteiger partial charge in [0.1, 0.15) is 0 Å². The van der Waals surface area contributed by atoms with Crippen molar-refractivity contribution in [3.8, 4) is 0 Å². The summed E-state index contributed by atoms with van der Waals surface area (Å²) in [6, 6.07) is 4.78. The summed E-state index contributed by atoms with van der Waals surface area (Å²) in [5.74, 6) is 0.369. The zero-order valence-corrected chi connectivity index (χ0v) is 13.8. The number of rotatable bonds is 8. The third-order valence-corrected chi connectivity index (χ3v) is 5.20. The molecule has 114 valence electrons. The molecule has 0 radical (unpaired) electrons. The van der Waals surface area contributed by atoms with Crippen molar-refractivity contribution in [2.75, 3.05) is 13.6 Å². The highest BCUT2D eigenvalue weighted by Gasteiger charge is 2.17. The summed E-state index contributed by atoms with van der Waals surface area (Å²) in [6.45, 7) is 5.14. The summed E-state index contributed by atoms with van der Waals surface area (Å²) in [7, 11) is -1.68. The van der Waals surface area contributed by atoms with E-state index in [0.29, 0.717) is 24.0 Å². The topological polar surface area (TPSA) is 58.2 Å². The summed E-state index contributed by atoms with van der Waals surface area (Å²) >= 11 is 6.04. The predicted octanol–water partition coefficient (Wildman–Crippen LogP) is 2.77. The molecule has 6 heteroatoms. The summed E-state index contributed by atoms with van der Waals surface area (Å²) in [4.78, 5) is 0.262. The molecule has 0 fully saturated rings. The normalized spacial score (nSPS) is 12.1. The molecule has 0 unspecified atom stereocenters. The molecule has 0 spiro atoms. The number of hydrogen-bond donors (Lipinski definition) is 2. The summed E-state index contributed by atoms with van der Waals surface area (Å²) < 4.78 is 27.2. The third-order valence-electron chi connectivity index (χ3n) is 3.41. The highest BCUT2D eigenvalue weighted by molar-refractivity contribution is 7.89. The van der Waals surface area contributed by atoms with Crippen molar-refractivity contribution >= 4 is 21.6 Å². The molecule has 0 amide bonds. The van der Waals surface area contributed by atoms with E-state index in [4.69, 9.17) is 11.6 Å². The van der Waals surface area contributed by atoms with E-state index in [-0.39, 0.29) is 4.90 Å². The Morgan fingerprint density at radius 1 is 1.25 bits per heavy atom. The molecule has 0 aliphatic rings. The van der Waals surface area contributed by atoms with E-state index in [9.17, 15) is 8.42 Å². The molecule has 4 nitrogen and oxygen atoms in total. The van der Waals surface area contributed by atoms with E-state index >= 15 is 0 Å². The second-order valence-electron chi connectivity index (χ2n) is 4.82. The molecule has 1 aromatic rings. The first-order chi connectivity index (χ1) is 9.44. The van der Waals surface area contributed by atoms with Crippen LogP contribution in [-0.2, 0) is 16.6 Å². The number of hydrogen-bond acceptors (Lipinski definition) is 3. The average Bonchev–Trinajstić information content (AvgIpc) is 2.42. The van der Waals surface area contributed by atoms with Crippen LogP contribution in [0.1, 0.15) is 32.3 Å². The standard InChI is InChI=1S/C14H23ClN2O2S/c1-4-11(5-2)9-17-20(18,19)13-6-7-14(15)12(8-13)10-16-3/h6-8,11,16-17H,4-5,9-10H2,1-3H3. The lowest BCUT2D eigenvalue weighted by atomic mass is 10.0. The Balaban J connectivity index is 2.89. The van der Waals surface area contributed by atoms with E-state index in [2.05, 4.69) is 23.9 Å². The van der Waals surface area contributed by atoms with Gasteiger partial charge in [-0.15, -0.1) is 0 Å². The summed E-state index contributed by atoms with van der Waals surface area (Å²) in [5, 5.41) is 3.54. The lowest BCUT2D eigenvalue weighted by molar-refractivity contribution is 0.479. The molecule has 0 bridgehead atoms. The van der Waals surface area contributed by atoms with Crippen LogP contribution in [0.3, 0.4) is 0 Å². The smallest absolute Gasteiger partial charge is 0.240 e. The molecule has 1 aromatic carbocycles. The molecule has 0 saturated carbocycles. The van der Waals surface area contributed by atoms with Gasteiger partial charge in [0, 0.05) is 18.1 Å². The highest BCUT2D eigenvalue weighted by Crippen LogP contribution is 2.20. The van der Waals surface area contributed by atoms with Crippen molar-refractivity contribution in [1.29, 1.82) is 0 Å². The van der Waals surface area contributed by atoms with E-state index in [0.717, 1.165) is 18.4 Å². The van der Waals surface area contributed by atoms with Crippen molar-refractivity contribution in [2.24, 2.45) is 5.92 Å². The van der Waals surface area contributed by atoms with Crippen molar-refractivity contribution in [2.45, 2.75) is 38.1 Å². The summed E-state index contributed by atoms with van der Waals surface area (Å²) in [5.41, 5.74) is 0.777. The molecular formula is C14H23ClN2O2S. The first kappa shape index (κ1) is 17.4. The van der Waals surface area contributed by atoms with Gasteiger partial charge in [-0.1, -0.05) is 38.3 Å². The third kappa shape index (κ3) is 4.74. The van der Waals surface area contributed by atoms with Crippen LogP contribution in [0.15, 0.2) is 23.1 Å².